The van der Waals surface area contributed by atoms with Crippen molar-refractivity contribution in [3.05, 3.63) is 90.0 Å². The Bertz CT molecular complexity index is 1230. The zero-order valence-electron chi connectivity index (χ0n) is 21.2. The van der Waals surface area contributed by atoms with Crippen molar-refractivity contribution in [2.24, 2.45) is 5.92 Å². The van der Waals surface area contributed by atoms with Crippen molar-refractivity contribution in [1.29, 1.82) is 0 Å². The van der Waals surface area contributed by atoms with E-state index in [2.05, 4.69) is 21.5 Å². The van der Waals surface area contributed by atoms with E-state index < -0.39 is 11.8 Å². The molecule has 198 valence electrons. The van der Waals surface area contributed by atoms with Crippen molar-refractivity contribution < 1.29 is 23.9 Å². The lowest BCUT2D eigenvalue weighted by atomic mass is 10.1. The standard InChI is InChI=1S/C28H30N4O5S/c1-19(2)18-25(33)29-22-12-8-21(9-13-22)27(35)31-32-28(38)30-26(34)20-10-14-24(15-11-20)37-17-16-36-23-6-4-3-5-7-23/h3-15,19H,16-18H2,1-2H3,(H,29,33)(H,31,35)(H2,30,32,34,38). The summed E-state index contributed by atoms with van der Waals surface area (Å²) in [6.07, 6.45) is 0.415. The van der Waals surface area contributed by atoms with E-state index in [1.165, 1.54) is 0 Å². The summed E-state index contributed by atoms with van der Waals surface area (Å²) in [7, 11) is 0. The highest BCUT2D eigenvalue weighted by atomic mass is 32.1. The Labute approximate surface area is 226 Å². The SMILES string of the molecule is CC(C)CC(=O)Nc1ccc(C(=O)NNC(=S)NC(=O)c2ccc(OCCOc3ccccc3)cc2)cc1. The monoisotopic (exact) mass is 534 g/mol. The zero-order chi connectivity index (χ0) is 27.3. The summed E-state index contributed by atoms with van der Waals surface area (Å²) in [5.74, 6) is 0.618. The van der Waals surface area contributed by atoms with Crippen LogP contribution in [-0.4, -0.2) is 36.0 Å². The van der Waals surface area contributed by atoms with Gasteiger partial charge in [-0.2, -0.15) is 0 Å². The van der Waals surface area contributed by atoms with E-state index in [-0.39, 0.29) is 16.9 Å². The normalized spacial score (nSPS) is 10.3. The molecule has 10 heteroatoms. The number of carbonyl (C=O) groups is 3. The molecule has 0 aliphatic rings. The molecule has 0 radical (unpaired) electrons. The van der Waals surface area contributed by atoms with Crippen LogP contribution in [0.5, 0.6) is 11.5 Å². The number of amides is 3. The summed E-state index contributed by atoms with van der Waals surface area (Å²) in [6, 6.07) is 22.4. The lowest BCUT2D eigenvalue weighted by Gasteiger charge is -2.12. The summed E-state index contributed by atoms with van der Waals surface area (Å²) >= 11 is 5.09. The van der Waals surface area contributed by atoms with Crippen LogP contribution in [0.15, 0.2) is 78.9 Å². The number of thiocarbonyl (C=S) groups is 1. The first kappa shape index (κ1) is 28.1. The van der Waals surface area contributed by atoms with Gasteiger partial charge in [-0.05, 0) is 78.8 Å². The third-order valence-electron chi connectivity index (χ3n) is 5.02. The molecule has 0 saturated heterocycles. The van der Waals surface area contributed by atoms with Crippen LogP contribution < -0.4 is 31.0 Å². The number of carbonyl (C=O) groups excluding carboxylic acids is 3. The van der Waals surface area contributed by atoms with E-state index >= 15 is 0 Å². The Balaban J connectivity index is 1.37. The highest BCUT2D eigenvalue weighted by Crippen LogP contribution is 2.13. The second kappa shape index (κ2) is 14.3. The van der Waals surface area contributed by atoms with Crippen LogP contribution in [-0.2, 0) is 4.79 Å². The molecule has 0 heterocycles. The lowest BCUT2D eigenvalue weighted by molar-refractivity contribution is -0.116. The summed E-state index contributed by atoms with van der Waals surface area (Å²) in [6.45, 7) is 4.66. The van der Waals surface area contributed by atoms with Gasteiger partial charge in [0.2, 0.25) is 5.91 Å². The fraction of sp³-hybridized carbons (Fsp3) is 0.214. The minimum atomic E-state index is -0.459. The molecule has 3 aromatic rings. The van der Waals surface area contributed by atoms with E-state index in [4.69, 9.17) is 21.7 Å². The first-order valence-electron chi connectivity index (χ1n) is 12.0. The fourth-order valence-corrected chi connectivity index (χ4v) is 3.36. The van der Waals surface area contributed by atoms with Gasteiger partial charge in [0, 0.05) is 23.2 Å². The molecule has 0 aliphatic heterocycles. The second-order valence-corrected chi connectivity index (χ2v) is 9.03. The van der Waals surface area contributed by atoms with E-state index in [1.807, 2.05) is 44.2 Å². The van der Waals surface area contributed by atoms with E-state index in [9.17, 15) is 14.4 Å². The predicted molar refractivity (Wildman–Crippen MR) is 149 cm³/mol. The van der Waals surface area contributed by atoms with Crippen molar-refractivity contribution in [3.63, 3.8) is 0 Å². The van der Waals surface area contributed by atoms with Crippen molar-refractivity contribution >= 4 is 40.7 Å². The van der Waals surface area contributed by atoms with Gasteiger partial charge in [0.25, 0.3) is 11.8 Å². The average Bonchev–Trinajstić information content (AvgIpc) is 2.90. The molecule has 0 bridgehead atoms. The van der Waals surface area contributed by atoms with Gasteiger partial charge in [-0.3, -0.25) is 30.6 Å². The maximum atomic E-state index is 12.4. The molecular weight excluding hydrogens is 504 g/mol. The van der Waals surface area contributed by atoms with Crippen LogP contribution >= 0.6 is 12.2 Å². The molecule has 3 rings (SSSR count). The molecule has 3 amide bonds. The van der Waals surface area contributed by atoms with Crippen molar-refractivity contribution in [2.75, 3.05) is 18.5 Å². The number of anilines is 1. The number of hydrazine groups is 1. The van der Waals surface area contributed by atoms with Crippen LogP contribution in [0, 0.1) is 5.92 Å². The van der Waals surface area contributed by atoms with Crippen molar-refractivity contribution in [1.82, 2.24) is 16.2 Å². The maximum Gasteiger partial charge on any atom is 0.269 e. The molecule has 0 unspecified atom stereocenters. The number of hydrogen-bond donors (Lipinski definition) is 4. The van der Waals surface area contributed by atoms with Gasteiger partial charge in [0.15, 0.2) is 5.11 Å². The first-order valence-corrected chi connectivity index (χ1v) is 12.4. The van der Waals surface area contributed by atoms with Crippen molar-refractivity contribution in [2.45, 2.75) is 20.3 Å². The minimum Gasteiger partial charge on any atom is -0.490 e. The van der Waals surface area contributed by atoms with Gasteiger partial charge >= 0.3 is 0 Å². The fourth-order valence-electron chi connectivity index (χ4n) is 3.22. The van der Waals surface area contributed by atoms with Gasteiger partial charge in [-0.25, -0.2) is 0 Å². The van der Waals surface area contributed by atoms with Crippen LogP contribution in [0.3, 0.4) is 0 Å². The van der Waals surface area contributed by atoms with Crippen LogP contribution in [0.25, 0.3) is 0 Å². The van der Waals surface area contributed by atoms with Crippen LogP contribution in [0.1, 0.15) is 41.0 Å². The lowest BCUT2D eigenvalue weighted by Crippen LogP contribution is -2.48. The molecule has 0 saturated carbocycles. The minimum absolute atomic E-state index is 0.0701. The van der Waals surface area contributed by atoms with E-state index in [1.54, 1.807) is 48.5 Å². The number of nitrogens with one attached hydrogen (secondary N) is 4. The Kier molecular flexibility index (Phi) is 10.6. The molecule has 0 atom stereocenters. The Morgan fingerprint density at radius 2 is 1.29 bits per heavy atom. The maximum absolute atomic E-state index is 12.4. The Hall–Kier alpha value is -4.44. The molecule has 38 heavy (non-hydrogen) atoms. The van der Waals surface area contributed by atoms with Crippen LogP contribution in [0.2, 0.25) is 0 Å². The highest BCUT2D eigenvalue weighted by molar-refractivity contribution is 7.80. The molecule has 0 fully saturated rings. The molecule has 0 aromatic heterocycles. The summed E-state index contributed by atoms with van der Waals surface area (Å²) in [5, 5.41) is 5.21. The highest BCUT2D eigenvalue weighted by Gasteiger charge is 2.11. The number of hydrogen-bond acceptors (Lipinski definition) is 6. The molecule has 4 N–H and O–H groups in total. The number of rotatable bonds is 10. The Morgan fingerprint density at radius 1 is 0.737 bits per heavy atom. The third kappa shape index (κ3) is 9.55. The molecular formula is C28H30N4O5S. The molecule has 9 nitrogen and oxygen atoms in total. The summed E-state index contributed by atoms with van der Waals surface area (Å²) < 4.78 is 11.2. The largest absolute Gasteiger partial charge is 0.490 e. The molecule has 3 aromatic carbocycles. The predicted octanol–water partition coefficient (Wildman–Crippen LogP) is 4.08. The number of ether oxygens (including phenoxy) is 2. The molecule has 0 aliphatic carbocycles. The van der Waals surface area contributed by atoms with Gasteiger partial charge in [0.05, 0.1) is 0 Å². The summed E-state index contributed by atoms with van der Waals surface area (Å²) in [4.78, 5) is 36.7. The van der Waals surface area contributed by atoms with Crippen molar-refractivity contribution in [3.8, 4) is 11.5 Å². The van der Waals surface area contributed by atoms with Gasteiger partial charge < -0.3 is 14.8 Å². The number of para-hydroxylation sites is 1. The van der Waals surface area contributed by atoms with Crippen LogP contribution in [0.4, 0.5) is 5.69 Å². The third-order valence-corrected chi connectivity index (χ3v) is 5.23. The summed E-state index contributed by atoms with van der Waals surface area (Å²) in [5.41, 5.74) is 6.24. The smallest absolute Gasteiger partial charge is 0.269 e. The van der Waals surface area contributed by atoms with E-state index in [0.29, 0.717) is 42.2 Å². The molecule has 0 spiro atoms. The van der Waals surface area contributed by atoms with Gasteiger partial charge in [-0.15, -0.1) is 0 Å². The first-order chi connectivity index (χ1) is 18.3. The van der Waals surface area contributed by atoms with Gasteiger partial charge in [-0.1, -0.05) is 32.0 Å². The topological polar surface area (TPSA) is 118 Å². The zero-order valence-corrected chi connectivity index (χ0v) is 22.0. The Morgan fingerprint density at radius 3 is 1.89 bits per heavy atom. The second-order valence-electron chi connectivity index (χ2n) is 8.62. The van der Waals surface area contributed by atoms with E-state index in [0.717, 1.165) is 5.75 Å². The average molecular weight is 535 g/mol. The van der Waals surface area contributed by atoms with Gasteiger partial charge in [0.1, 0.15) is 24.7 Å². The quantitative estimate of drug-likeness (QED) is 0.176. The number of benzene rings is 3.